The molecule has 0 saturated carbocycles. The van der Waals surface area contributed by atoms with Crippen LogP contribution in [0.5, 0.6) is 11.5 Å². The molecular formula is C39H33ClN4O7S. The van der Waals surface area contributed by atoms with Crippen LogP contribution >= 0.6 is 11.6 Å². The molecule has 2 heterocycles. The number of halogens is 1. The lowest BCUT2D eigenvalue weighted by Gasteiger charge is -2.25. The summed E-state index contributed by atoms with van der Waals surface area (Å²) < 4.78 is 48.8. The lowest BCUT2D eigenvalue weighted by atomic mass is 9.97. The fourth-order valence-corrected chi connectivity index (χ4v) is 7.90. The number of aromatic carboxylic acids is 1. The number of fused-ring (bicyclic) bond motifs is 2. The Labute approximate surface area is 304 Å². The molecule has 0 aliphatic rings. The summed E-state index contributed by atoms with van der Waals surface area (Å²) in [6.07, 6.45) is 0.757. The second-order valence-electron chi connectivity index (χ2n) is 12.0. The average molecular weight is 737 g/mol. The molecule has 264 valence electrons. The van der Waals surface area contributed by atoms with Crippen molar-refractivity contribution in [2.45, 2.75) is 23.8 Å². The molecule has 0 aliphatic heterocycles. The normalized spacial score (nSPS) is 11.8. The van der Waals surface area contributed by atoms with Crippen LogP contribution in [-0.2, 0) is 22.9 Å². The van der Waals surface area contributed by atoms with Gasteiger partial charge in [-0.15, -0.1) is 0 Å². The van der Waals surface area contributed by atoms with Crippen molar-refractivity contribution in [3.8, 4) is 11.5 Å². The number of methoxy groups -OCH3 is 1. The summed E-state index contributed by atoms with van der Waals surface area (Å²) in [5.41, 5.74) is 5.29. The van der Waals surface area contributed by atoms with E-state index < -0.39 is 16.0 Å². The molecule has 0 spiro atoms. The first kappa shape index (κ1) is 34.7. The van der Waals surface area contributed by atoms with E-state index in [1.54, 1.807) is 12.1 Å². The molecule has 0 saturated heterocycles. The largest absolute Gasteiger partial charge is 0.494 e. The molecule has 0 atom stereocenters. The fraction of sp³-hybridized carbons (Fsp3) is 0.154. The van der Waals surface area contributed by atoms with Crippen molar-refractivity contribution in [1.82, 2.24) is 19.6 Å². The van der Waals surface area contributed by atoms with Crippen molar-refractivity contribution in [2.24, 2.45) is 0 Å². The van der Waals surface area contributed by atoms with Gasteiger partial charge < -0.3 is 19.1 Å². The Balaban J connectivity index is 1.30. The van der Waals surface area contributed by atoms with Gasteiger partial charge in [-0.25, -0.2) is 22.6 Å². The molecule has 52 heavy (non-hydrogen) atoms. The Morgan fingerprint density at radius 2 is 1.56 bits per heavy atom. The summed E-state index contributed by atoms with van der Waals surface area (Å²) >= 11 is 6.62. The van der Waals surface area contributed by atoms with Crippen molar-refractivity contribution in [3.63, 3.8) is 0 Å². The Morgan fingerprint density at radius 3 is 2.21 bits per heavy atom. The quantitative estimate of drug-likeness (QED) is 0.117. The van der Waals surface area contributed by atoms with Gasteiger partial charge in [0.05, 0.1) is 25.3 Å². The predicted molar refractivity (Wildman–Crippen MR) is 197 cm³/mol. The third-order valence-electron chi connectivity index (χ3n) is 8.90. The van der Waals surface area contributed by atoms with Gasteiger partial charge in [-0.2, -0.15) is 0 Å². The predicted octanol–water partition coefficient (Wildman–Crippen LogP) is 7.32. The number of carboxylic acids is 1. The summed E-state index contributed by atoms with van der Waals surface area (Å²) in [6, 6.07) is 34.9. The van der Waals surface area contributed by atoms with Gasteiger partial charge in [0, 0.05) is 41.0 Å². The van der Waals surface area contributed by atoms with E-state index in [2.05, 4.69) is 43.9 Å². The van der Waals surface area contributed by atoms with E-state index in [9.17, 15) is 18.3 Å². The molecule has 2 N–H and O–H groups in total. The summed E-state index contributed by atoms with van der Waals surface area (Å²) in [4.78, 5) is 11.3. The molecule has 0 radical (unpaired) electrons. The molecule has 0 bridgehead atoms. The van der Waals surface area contributed by atoms with E-state index in [0.717, 1.165) is 33.3 Å². The number of nitrogens with one attached hydrogen (secondary N) is 1. The van der Waals surface area contributed by atoms with Crippen LogP contribution in [0.3, 0.4) is 0 Å². The number of ether oxygens (including phenoxy) is 2. The summed E-state index contributed by atoms with van der Waals surface area (Å²) in [5.74, 6) is -0.145. The topological polar surface area (TPSA) is 146 Å². The maximum absolute atomic E-state index is 13.8. The number of nitrogens with zero attached hydrogens (tertiary/aromatic N) is 3. The number of aromatic nitrogens is 3. The zero-order valence-electron chi connectivity index (χ0n) is 27.9. The number of carboxylic acid groups (broad SMARTS) is 1. The molecule has 2 aromatic heterocycles. The van der Waals surface area contributed by atoms with Crippen LogP contribution in [0.1, 0.15) is 38.8 Å². The van der Waals surface area contributed by atoms with Crippen LogP contribution in [0.25, 0.3) is 21.9 Å². The number of carbonyl (C=O) groups is 1. The van der Waals surface area contributed by atoms with E-state index >= 15 is 0 Å². The smallest absolute Gasteiger partial charge is 0.335 e. The molecule has 7 aromatic rings. The maximum Gasteiger partial charge on any atom is 0.335 e. The second kappa shape index (κ2) is 14.9. The molecule has 7 rings (SSSR count). The third kappa shape index (κ3) is 6.96. The highest BCUT2D eigenvalue weighted by Gasteiger charge is 2.27. The molecular weight excluding hydrogens is 704 g/mol. The van der Waals surface area contributed by atoms with Gasteiger partial charge in [0.25, 0.3) is 0 Å². The zero-order valence-corrected chi connectivity index (χ0v) is 29.5. The van der Waals surface area contributed by atoms with Crippen molar-refractivity contribution in [1.29, 1.82) is 0 Å². The van der Waals surface area contributed by atoms with E-state index in [4.69, 9.17) is 25.7 Å². The number of sulfonamides is 1. The molecule has 0 fully saturated rings. The SMILES string of the molecule is COc1ccc(S(=O)(=O)NCCc2c(CCOc3ccc(C(=O)O)cc3)c3cc(Cl)ccc3n2C(c2ccccc2)c2ccccc2)c2nonc12. The van der Waals surface area contributed by atoms with Crippen molar-refractivity contribution >= 4 is 49.5 Å². The molecule has 0 aliphatic carbocycles. The minimum Gasteiger partial charge on any atom is -0.494 e. The number of hydrogen-bond donors (Lipinski definition) is 2. The van der Waals surface area contributed by atoms with Crippen molar-refractivity contribution in [3.05, 3.63) is 148 Å². The first-order valence-electron chi connectivity index (χ1n) is 16.4. The Bertz CT molecular complexity index is 2430. The third-order valence-corrected chi connectivity index (χ3v) is 10.6. The van der Waals surface area contributed by atoms with Gasteiger partial charge in [0.2, 0.25) is 10.0 Å². The lowest BCUT2D eigenvalue weighted by Crippen LogP contribution is -2.27. The first-order chi connectivity index (χ1) is 25.2. The van der Waals surface area contributed by atoms with Crippen LogP contribution in [0, 0.1) is 0 Å². The zero-order chi connectivity index (χ0) is 36.2. The van der Waals surface area contributed by atoms with Gasteiger partial charge in [-0.05, 0) is 81.6 Å². The van der Waals surface area contributed by atoms with E-state index in [0.29, 0.717) is 29.4 Å². The number of rotatable bonds is 14. The molecule has 0 amide bonds. The van der Waals surface area contributed by atoms with Gasteiger partial charge in [-0.3, -0.25) is 0 Å². The monoisotopic (exact) mass is 736 g/mol. The molecule has 0 unspecified atom stereocenters. The van der Waals surface area contributed by atoms with Crippen molar-refractivity contribution < 1.29 is 32.4 Å². The van der Waals surface area contributed by atoms with E-state index in [1.807, 2.05) is 54.6 Å². The minimum absolute atomic E-state index is 0.0476. The summed E-state index contributed by atoms with van der Waals surface area (Å²) in [5, 5.41) is 18.4. The Morgan fingerprint density at radius 1 is 0.885 bits per heavy atom. The number of benzene rings is 5. The summed E-state index contributed by atoms with van der Waals surface area (Å²) in [7, 11) is -2.61. The first-order valence-corrected chi connectivity index (χ1v) is 18.3. The van der Waals surface area contributed by atoms with Gasteiger partial charge >= 0.3 is 5.97 Å². The summed E-state index contributed by atoms with van der Waals surface area (Å²) in [6.45, 7) is 0.313. The van der Waals surface area contributed by atoms with E-state index in [-0.39, 0.29) is 40.7 Å². The van der Waals surface area contributed by atoms with Gasteiger partial charge in [-0.1, -0.05) is 72.3 Å². The van der Waals surface area contributed by atoms with Crippen molar-refractivity contribution in [2.75, 3.05) is 20.3 Å². The molecule has 5 aromatic carbocycles. The van der Waals surface area contributed by atoms with Crippen LogP contribution in [-0.4, -0.2) is 54.6 Å². The van der Waals surface area contributed by atoms with Crippen LogP contribution in [0.4, 0.5) is 0 Å². The van der Waals surface area contributed by atoms with E-state index in [1.165, 1.54) is 31.4 Å². The molecule has 11 nitrogen and oxygen atoms in total. The van der Waals surface area contributed by atoms with Crippen LogP contribution in [0.2, 0.25) is 5.02 Å². The lowest BCUT2D eigenvalue weighted by molar-refractivity contribution is 0.0696. The van der Waals surface area contributed by atoms with Gasteiger partial charge in [0.1, 0.15) is 16.4 Å². The Hall–Kier alpha value is -5.69. The number of hydrogen-bond acceptors (Lipinski definition) is 8. The highest BCUT2D eigenvalue weighted by molar-refractivity contribution is 7.89. The Kier molecular flexibility index (Phi) is 9.95. The van der Waals surface area contributed by atoms with Crippen LogP contribution < -0.4 is 14.2 Å². The second-order valence-corrected chi connectivity index (χ2v) is 14.2. The maximum atomic E-state index is 13.8. The molecule has 13 heteroatoms. The fourth-order valence-electron chi connectivity index (χ4n) is 6.56. The van der Waals surface area contributed by atoms with Crippen LogP contribution in [0.15, 0.2) is 125 Å². The standard InChI is InChI=1S/C39H33ClN4O7S/c1-49-34-18-19-35(37-36(34)42-51-43-37)52(47,48)41-22-20-33-30(21-23-50-29-15-12-27(13-16-29)39(45)46)31-24-28(40)14-17-32(31)44(33)38(25-8-4-2-5-9-25)26-10-6-3-7-11-26/h2-19,24,38,41H,20-23H2,1H3,(H,45,46). The minimum atomic E-state index is -4.07. The van der Waals surface area contributed by atoms with Gasteiger partial charge in [0.15, 0.2) is 11.0 Å². The average Bonchev–Trinajstić information content (AvgIpc) is 3.76. The highest BCUT2D eigenvalue weighted by Crippen LogP contribution is 2.38. The highest BCUT2D eigenvalue weighted by atomic mass is 35.5.